The molecule has 0 radical (unpaired) electrons. The van der Waals surface area contributed by atoms with Gasteiger partial charge in [0, 0.05) is 6.54 Å². The van der Waals surface area contributed by atoms with Crippen molar-refractivity contribution in [1.82, 2.24) is 15.5 Å². The minimum Gasteiger partial charge on any atom is -0.493 e. The van der Waals surface area contributed by atoms with E-state index in [4.69, 9.17) is 9.47 Å². The lowest BCUT2D eigenvalue weighted by Gasteiger charge is -2.34. The fourth-order valence-electron chi connectivity index (χ4n) is 3.74. The molecule has 150 valence electrons. The highest BCUT2D eigenvalue weighted by Crippen LogP contribution is 2.32. The molecule has 0 aliphatic carbocycles. The quantitative estimate of drug-likeness (QED) is 0.544. The van der Waals surface area contributed by atoms with Crippen LogP contribution in [0.3, 0.4) is 0 Å². The smallest absolute Gasteiger partial charge is 0.325 e. The van der Waals surface area contributed by atoms with Crippen LogP contribution < -0.4 is 20.1 Å². The van der Waals surface area contributed by atoms with Crippen LogP contribution in [0.2, 0.25) is 0 Å². The molecule has 2 fully saturated rings. The van der Waals surface area contributed by atoms with Gasteiger partial charge in [0.25, 0.3) is 5.91 Å². The highest BCUT2D eigenvalue weighted by molar-refractivity contribution is 6.07. The molecular weight excluding hydrogens is 370 g/mol. The Balaban J connectivity index is 0.00000261. The molecule has 2 aliphatic heterocycles. The first kappa shape index (κ1) is 21.3. The number of rotatable bonds is 7. The minimum absolute atomic E-state index is 0. The monoisotopic (exact) mass is 397 g/mol. The third-order valence-corrected chi connectivity index (χ3v) is 5.31. The zero-order valence-electron chi connectivity index (χ0n) is 15.8. The predicted molar refractivity (Wildman–Crippen MR) is 105 cm³/mol. The van der Waals surface area contributed by atoms with Gasteiger partial charge in [-0.15, -0.1) is 12.4 Å². The van der Waals surface area contributed by atoms with Crippen LogP contribution in [0.5, 0.6) is 11.5 Å². The van der Waals surface area contributed by atoms with Crippen LogP contribution in [0, 0.1) is 5.92 Å². The van der Waals surface area contributed by atoms with E-state index < -0.39 is 5.54 Å². The zero-order chi connectivity index (χ0) is 18.6. The summed E-state index contributed by atoms with van der Waals surface area (Å²) in [6.07, 6.45) is 2.36. The summed E-state index contributed by atoms with van der Waals surface area (Å²) in [6.45, 7) is 4.38. The number of para-hydroxylation sites is 2. The average Bonchev–Trinajstić information content (AvgIpc) is 2.90. The number of hydrogen-bond acceptors (Lipinski definition) is 5. The Kier molecular flexibility index (Phi) is 7.33. The van der Waals surface area contributed by atoms with Crippen molar-refractivity contribution in [3.8, 4) is 11.5 Å². The molecule has 3 amide bonds. The number of imide groups is 1. The number of urea groups is 1. The highest BCUT2D eigenvalue weighted by Gasteiger charge is 2.52. The summed E-state index contributed by atoms with van der Waals surface area (Å²) < 4.78 is 11.0. The maximum absolute atomic E-state index is 12.9. The maximum Gasteiger partial charge on any atom is 0.325 e. The number of ether oxygens (including phenoxy) is 2. The second-order valence-corrected chi connectivity index (χ2v) is 6.97. The number of nitrogens with one attached hydrogen (secondary N) is 2. The van der Waals surface area contributed by atoms with E-state index in [0.717, 1.165) is 25.9 Å². The lowest BCUT2D eigenvalue weighted by Crippen LogP contribution is -2.53. The molecule has 1 atom stereocenters. The van der Waals surface area contributed by atoms with Gasteiger partial charge in [0.15, 0.2) is 11.5 Å². The van der Waals surface area contributed by atoms with E-state index in [2.05, 4.69) is 10.6 Å². The standard InChI is InChI=1S/C19H27N3O4.ClH/c1-19(14-8-10-20-11-9-14)17(23)22(18(24)21-19)12-5-13-26-16-7-4-3-6-15(16)25-2;/h3-4,6-7,14,20H,5,8-13H2,1-2H3,(H,21,24);1H. The van der Waals surface area contributed by atoms with E-state index in [1.54, 1.807) is 7.11 Å². The Morgan fingerprint density at radius 2 is 1.85 bits per heavy atom. The summed E-state index contributed by atoms with van der Waals surface area (Å²) in [5.74, 6) is 1.38. The fraction of sp³-hybridized carbons (Fsp3) is 0.579. The van der Waals surface area contributed by atoms with Crippen LogP contribution in [0.1, 0.15) is 26.2 Å². The molecule has 1 aromatic rings. The topological polar surface area (TPSA) is 79.9 Å². The molecule has 0 bridgehead atoms. The highest BCUT2D eigenvalue weighted by atomic mass is 35.5. The van der Waals surface area contributed by atoms with Gasteiger partial charge in [-0.3, -0.25) is 9.69 Å². The predicted octanol–water partition coefficient (Wildman–Crippen LogP) is 2.20. The minimum atomic E-state index is -0.789. The lowest BCUT2D eigenvalue weighted by molar-refractivity contribution is -0.133. The first-order chi connectivity index (χ1) is 12.6. The molecule has 2 N–H and O–H groups in total. The SMILES string of the molecule is COc1ccccc1OCCCN1C(=O)NC(C)(C2CCNCC2)C1=O.Cl. The van der Waals surface area contributed by atoms with Gasteiger partial charge in [0.05, 0.1) is 13.7 Å². The number of nitrogens with zero attached hydrogens (tertiary/aromatic N) is 1. The van der Waals surface area contributed by atoms with E-state index >= 15 is 0 Å². The average molecular weight is 398 g/mol. The van der Waals surface area contributed by atoms with Gasteiger partial charge in [-0.2, -0.15) is 0 Å². The summed E-state index contributed by atoms with van der Waals surface area (Å²) in [6, 6.07) is 7.12. The van der Waals surface area contributed by atoms with Gasteiger partial charge in [0.2, 0.25) is 0 Å². The molecule has 1 unspecified atom stereocenters. The number of methoxy groups -OCH3 is 1. The van der Waals surface area contributed by atoms with Gasteiger partial charge >= 0.3 is 6.03 Å². The molecule has 27 heavy (non-hydrogen) atoms. The summed E-state index contributed by atoms with van der Waals surface area (Å²) in [5.41, 5.74) is -0.789. The molecular formula is C19H28ClN3O4. The Morgan fingerprint density at radius 1 is 1.19 bits per heavy atom. The van der Waals surface area contributed by atoms with Crippen LogP contribution in [0.15, 0.2) is 24.3 Å². The van der Waals surface area contributed by atoms with E-state index in [1.165, 1.54) is 4.90 Å². The van der Waals surface area contributed by atoms with Crippen molar-refractivity contribution in [1.29, 1.82) is 0 Å². The molecule has 1 aromatic carbocycles. The van der Waals surface area contributed by atoms with Crippen LogP contribution >= 0.6 is 12.4 Å². The van der Waals surface area contributed by atoms with Crippen LogP contribution in [0.25, 0.3) is 0 Å². The van der Waals surface area contributed by atoms with Gasteiger partial charge in [-0.1, -0.05) is 12.1 Å². The third kappa shape index (κ3) is 4.47. The van der Waals surface area contributed by atoms with Gasteiger partial charge in [0.1, 0.15) is 5.54 Å². The van der Waals surface area contributed by atoms with Gasteiger partial charge < -0.3 is 20.1 Å². The Morgan fingerprint density at radius 3 is 2.52 bits per heavy atom. The first-order valence-electron chi connectivity index (χ1n) is 9.17. The molecule has 8 heteroatoms. The van der Waals surface area contributed by atoms with Crippen molar-refractivity contribution >= 4 is 24.3 Å². The van der Waals surface area contributed by atoms with Crippen molar-refractivity contribution in [2.24, 2.45) is 5.92 Å². The van der Waals surface area contributed by atoms with E-state index in [1.807, 2.05) is 31.2 Å². The maximum atomic E-state index is 12.9. The zero-order valence-corrected chi connectivity index (χ0v) is 16.6. The van der Waals surface area contributed by atoms with Crippen molar-refractivity contribution in [2.45, 2.75) is 31.7 Å². The molecule has 0 spiro atoms. The molecule has 2 saturated heterocycles. The molecule has 0 saturated carbocycles. The van der Waals surface area contributed by atoms with Crippen molar-refractivity contribution < 1.29 is 19.1 Å². The number of hydrogen-bond donors (Lipinski definition) is 2. The van der Waals surface area contributed by atoms with E-state index in [0.29, 0.717) is 31.1 Å². The van der Waals surface area contributed by atoms with E-state index in [-0.39, 0.29) is 30.3 Å². The van der Waals surface area contributed by atoms with Crippen LogP contribution in [-0.4, -0.2) is 55.7 Å². The summed E-state index contributed by atoms with van der Waals surface area (Å²) in [5, 5.41) is 6.22. The summed E-state index contributed by atoms with van der Waals surface area (Å²) in [7, 11) is 1.59. The Bertz CT molecular complexity index is 666. The molecule has 2 heterocycles. The molecule has 0 aromatic heterocycles. The second kappa shape index (κ2) is 9.28. The third-order valence-electron chi connectivity index (χ3n) is 5.31. The van der Waals surface area contributed by atoms with Gasteiger partial charge in [-0.05, 0) is 57.3 Å². The largest absolute Gasteiger partial charge is 0.493 e. The number of benzene rings is 1. The van der Waals surface area contributed by atoms with Gasteiger partial charge in [-0.25, -0.2) is 4.79 Å². The number of amides is 3. The molecule has 2 aliphatic rings. The normalized spacial score (nSPS) is 23.0. The number of carbonyl (C=O) groups is 2. The van der Waals surface area contributed by atoms with Crippen molar-refractivity contribution in [3.63, 3.8) is 0 Å². The molecule has 3 rings (SSSR count). The van der Waals surface area contributed by atoms with Crippen LogP contribution in [-0.2, 0) is 4.79 Å². The number of halogens is 1. The Labute approximate surface area is 166 Å². The number of piperidine rings is 1. The fourth-order valence-corrected chi connectivity index (χ4v) is 3.74. The van der Waals surface area contributed by atoms with Crippen molar-refractivity contribution in [2.75, 3.05) is 33.4 Å². The second-order valence-electron chi connectivity index (χ2n) is 6.97. The van der Waals surface area contributed by atoms with E-state index in [9.17, 15) is 9.59 Å². The Hall–Kier alpha value is -1.99. The summed E-state index contributed by atoms with van der Waals surface area (Å²) in [4.78, 5) is 26.5. The number of carbonyl (C=O) groups excluding carboxylic acids is 2. The van der Waals surface area contributed by atoms with Crippen molar-refractivity contribution in [3.05, 3.63) is 24.3 Å². The van der Waals surface area contributed by atoms with Crippen LogP contribution in [0.4, 0.5) is 4.79 Å². The first-order valence-corrected chi connectivity index (χ1v) is 9.17. The lowest BCUT2D eigenvalue weighted by atomic mass is 9.79. The molecule has 7 nitrogen and oxygen atoms in total. The summed E-state index contributed by atoms with van der Waals surface area (Å²) >= 11 is 0.